The van der Waals surface area contributed by atoms with Crippen molar-refractivity contribution in [2.75, 3.05) is 7.11 Å². The van der Waals surface area contributed by atoms with Crippen LogP contribution in [0.5, 0.6) is 0 Å². The zero-order valence-electron chi connectivity index (χ0n) is 7.89. The maximum atomic E-state index is 11.4. The standard InChI is InChI=1S/C8H10N2O4/c1-9-4-3-6(11)10(8(9)13)5-7(12)14-2/h3-4H,5H2,1-2H3. The van der Waals surface area contributed by atoms with Crippen LogP contribution in [0.25, 0.3) is 0 Å². The molecular weight excluding hydrogens is 188 g/mol. The van der Waals surface area contributed by atoms with Gasteiger partial charge in [0.15, 0.2) is 0 Å². The Morgan fingerprint density at radius 3 is 2.71 bits per heavy atom. The molecule has 0 aliphatic carbocycles. The number of esters is 1. The number of rotatable bonds is 2. The van der Waals surface area contributed by atoms with E-state index in [2.05, 4.69) is 4.74 Å². The molecule has 0 aliphatic rings. The number of aromatic nitrogens is 2. The molecule has 1 aromatic rings. The molecule has 0 N–H and O–H groups in total. The Bertz CT molecular complexity index is 457. The molecule has 76 valence electrons. The van der Waals surface area contributed by atoms with Gasteiger partial charge in [-0.1, -0.05) is 0 Å². The van der Waals surface area contributed by atoms with Gasteiger partial charge in [-0.25, -0.2) is 9.36 Å². The number of hydrogen-bond acceptors (Lipinski definition) is 4. The van der Waals surface area contributed by atoms with Crippen molar-refractivity contribution < 1.29 is 9.53 Å². The molecule has 1 rings (SSSR count). The summed E-state index contributed by atoms with van der Waals surface area (Å²) in [7, 11) is 2.69. The zero-order valence-corrected chi connectivity index (χ0v) is 7.89. The first-order valence-corrected chi connectivity index (χ1v) is 3.89. The number of methoxy groups -OCH3 is 1. The average Bonchev–Trinajstić information content (AvgIpc) is 2.18. The summed E-state index contributed by atoms with van der Waals surface area (Å²) < 4.78 is 6.38. The molecule has 1 aromatic heterocycles. The van der Waals surface area contributed by atoms with Crippen LogP contribution in [0, 0.1) is 0 Å². The summed E-state index contributed by atoms with van der Waals surface area (Å²) in [5.41, 5.74) is -1.05. The molecule has 0 fully saturated rings. The van der Waals surface area contributed by atoms with Gasteiger partial charge in [0, 0.05) is 19.3 Å². The van der Waals surface area contributed by atoms with E-state index < -0.39 is 17.2 Å². The summed E-state index contributed by atoms with van der Waals surface area (Å²) in [5, 5.41) is 0. The van der Waals surface area contributed by atoms with Crippen molar-refractivity contribution in [1.29, 1.82) is 0 Å². The Hall–Kier alpha value is -1.85. The molecule has 0 aliphatic heterocycles. The fraction of sp³-hybridized carbons (Fsp3) is 0.375. The molecule has 0 unspecified atom stereocenters. The van der Waals surface area contributed by atoms with Crippen LogP contribution >= 0.6 is 0 Å². The van der Waals surface area contributed by atoms with Crippen molar-refractivity contribution in [1.82, 2.24) is 9.13 Å². The maximum Gasteiger partial charge on any atom is 0.331 e. The second-order valence-electron chi connectivity index (χ2n) is 2.71. The van der Waals surface area contributed by atoms with Gasteiger partial charge in [-0.15, -0.1) is 0 Å². The van der Waals surface area contributed by atoms with Gasteiger partial charge >= 0.3 is 11.7 Å². The quantitative estimate of drug-likeness (QED) is 0.555. The number of carbonyl (C=O) groups is 1. The third kappa shape index (κ3) is 1.90. The van der Waals surface area contributed by atoms with Gasteiger partial charge in [-0.2, -0.15) is 0 Å². The number of carbonyl (C=O) groups excluding carboxylic acids is 1. The Labute approximate surface area is 79.3 Å². The van der Waals surface area contributed by atoms with E-state index in [1.807, 2.05) is 0 Å². The SMILES string of the molecule is COC(=O)Cn1c(=O)ccn(C)c1=O. The lowest BCUT2D eigenvalue weighted by Crippen LogP contribution is -2.39. The van der Waals surface area contributed by atoms with E-state index in [0.29, 0.717) is 0 Å². The van der Waals surface area contributed by atoms with E-state index in [9.17, 15) is 14.4 Å². The second-order valence-corrected chi connectivity index (χ2v) is 2.71. The summed E-state index contributed by atoms with van der Waals surface area (Å²) in [4.78, 5) is 33.4. The first kappa shape index (κ1) is 10.2. The van der Waals surface area contributed by atoms with Crippen LogP contribution < -0.4 is 11.2 Å². The van der Waals surface area contributed by atoms with Gasteiger partial charge in [0.2, 0.25) is 0 Å². The van der Waals surface area contributed by atoms with Crippen LogP contribution in [-0.4, -0.2) is 22.2 Å². The lowest BCUT2D eigenvalue weighted by molar-refractivity contribution is -0.141. The molecule has 14 heavy (non-hydrogen) atoms. The number of aryl methyl sites for hydroxylation is 1. The highest BCUT2D eigenvalue weighted by atomic mass is 16.5. The molecule has 0 saturated heterocycles. The Morgan fingerprint density at radius 1 is 1.50 bits per heavy atom. The van der Waals surface area contributed by atoms with Crippen molar-refractivity contribution in [3.63, 3.8) is 0 Å². The first-order chi connectivity index (χ1) is 6.56. The summed E-state index contributed by atoms with van der Waals surface area (Å²) in [6, 6.07) is 1.21. The lowest BCUT2D eigenvalue weighted by atomic mass is 10.5. The third-order valence-electron chi connectivity index (χ3n) is 1.75. The van der Waals surface area contributed by atoms with Crippen molar-refractivity contribution in [3.8, 4) is 0 Å². The van der Waals surface area contributed by atoms with E-state index in [0.717, 1.165) is 4.57 Å². The summed E-state index contributed by atoms with van der Waals surface area (Å²) >= 11 is 0. The number of nitrogens with zero attached hydrogens (tertiary/aromatic N) is 2. The molecule has 0 amide bonds. The molecule has 6 heteroatoms. The largest absolute Gasteiger partial charge is 0.468 e. The molecule has 0 bridgehead atoms. The van der Waals surface area contributed by atoms with Crippen molar-refractivity contribution in [2.45, 2.75) is 6.54 Å². The normalized spacial score (nSPS) is 9.86. The highest BCUT2D eigenvalue weighted by Gasteiger charge is 2.07. The van der Waals surface area contributed by atoms with Crippen LogP contribution in [-0.2, 0) is 23.1 Å². The van der Waals surface area contributed by atoms with E-state index in [1.54, 1.807) is 0 Å². The van der Waals surface area contributed by atoms with Crippen LogP contribution in [0.15, 0.2) is 21.9 Å². The minimum Gasteiger partial charge on any atom is -0.468 e. The molecule has 0 saturated carbocycles. The molecule has 0 atom stereocenters. The number of ether oxygens (including phenoxy) is 1. The van der Waals surface area contributed by atoms with Crippen LogP contribution in [0.4, 0.5) is 0 Å². The topological polar surface area (TPSA) is 70.3 Å². The molecular formula is C8H10N2O4. The van der Waals surface area contributed by atoms with Gasteiger partial charge < -0.3 is 9.30 Å². The predicted octanol–water partition coefficient (Wildman–Crippen LogP) is -1.28. The summed E-state index contributed by atoms with van der Waals surface area (Å²) in [5.74, 6) is -0.629. The van der Waals surface area contributed by atoms with Gasteiger partial charge in [0.05, 0.1) is 7.11 Å². The van der Waals surface area contributed by atoms with E-state index in [4.69, 9.17) is 0 Å². The van der Waals surface area contributed by atoms with Crippen molar-refractivity contribution in [2.24, 2.45) is 7.05 Å². The molecule has 0 aromatic carbocycles. The van der Waals surface area contributed by atoms with Crippen LogP contribution in [0.2, 0.25) is 0 Å². The molecule has 0 spiro atoms. The van der Waals surface area contributed by atoms with Gasteiger partial charge in [0.25, 0.3) is 5.56 Å². The smallest absolute Gasteiger partial charge is 0.331 e. The van der Waals surface area contributed by atoms with Crippen molar-refractivity contribution in [3.05, 3.63) is 33.1 Å². The average molecular weight is 198 g/mol. The molecule has 0 radical (unpaired) electrons. The Kier molecular flexibility index (Phi) is 2.85. The third-order valence-corrected chi connectivity index (χ3v) is 1.75. The van der Waals surface area contributed by atoms with Crippen LogP contribution in [0.1, 0.15) is 0 Å². The van der Waals surface area contributed by atoms with E-state index in [-0.39, 0.29) is 6.54 Å². The highest BCUT2D eigenvalue weighted by Crippen LogP contribution is 1.78. The van der Waals surface area contributed by atoms with Gasteiger partial charge in [-0.3, -0.25) is 9.59 Å². The van der Waals surface area contributed by atoms with Gasteiger partial charge in [0.1, 0.15) is 6.54 Å². The first-order valence-electron chi connectivity index (χ1n) is 3.89. The Balaban J connectivity index is 3.20. The highest BCUT2D eigenvalue weighted by molar-refractivity contribution is 5.68. The summed E-state index contributed by atoms with van der Waals surface area (Å²) in [6.07, 6.45) is 1.35. The lowest BCUT2D eigenvalue weighted by Gasteiger charge is -2.04. The fourth-order valence-corrected chi connectivity index (χ4v) is 0.953. The van der Waals surface area contributed by atoms with Gasteiger partial charge in [-0.05, 0) is 0 Å². The minimum absolute atomic E-state index is 0.358. The monoisotopic (exact) mass is 198 g/mol. The van der Waals surface area contributed by atoms with Crippen molar-refractivity contribution >= 4 is 5.97 Å². The second kappa shape index (κ2) is 3.91. The van der Waals surface area contributed by atoms with E-state index >= 15 is 0 Å². The number of hydrogen-bond donors (Lipinski definition) is 0. The van der Waals surface area contributed by atoms with Crippen LogP contribution in [0.3, 0.4) is 0 Å². The maximum absolute atomic E-state index is 11.4. The Morgan fingerprint density at radius 2 is 2.14 bits per heavy atom. The molecule has 1 heterocycles. The summed E-state index contributed by atoms with van der Waals surface area (Å²) in [6.45, 7) is -0.358. The minimum atomic E-state index is -0.629. The van der Waals surface area contributed by atoms with E-state index in [1.165, 1.54) is 31.0 Å². The predicted molar refractivity (Wildman–Crippen MR) is 48.0 cm³/mol. The zero-order chi connectivity index (χ0) is 10.7. The fourth-order valence-electron chi connectivity index (χ4n) is 0.953. The molecule has 6 nitrogen and oxygen atoms in total.